The smallest absolute Gasteiger partial charge is 0.255 e. The van der Waals surface area contributed by atoms with E-state index in [0.29, 0.717) is 16.8 Å². The van der Waals surface area contributed by atoms with Gasteiger partial charge in [-0.3, -0.25) is 9.59 Å². The highest BCUT2D eigenvalue weighted by molar-refractivity contribution is 6.06. The van der Waals surface area contributed by atoms with Crippen LogP contribution in [0.4, 0.5) is 11.4 Å². The van der Waals surface area contributed by atoms with Crippen molar-refractivity contribution in [1.82, 2.24) is 0 Å². The summed E-state index contributed by atoms with van der Waals surface area (Å²) >= 11 is 0. The molecule has 0 bridgehead atoms. The number of nitrogens with one attached hydrogen (secondary N) is 2. The largest absolute Gasteiger partial charge is 0.322 e. The van der Waals surface area contributed by atoms with Gasteiger partial charge in [0, 0.05) is 22.5 Å². The van der Waals surface area contributed by atoms with Crippen LogP contribution in [0.25, 0.3) is 0 Å². The van der Waals surface area contributed by atoms with E-state index in [1.807, 2.05) is 49.4 Å². The molecule has 0 spiro atoms. The Balaban J connectivity index is 1.64. The predicted octanol–water partition coefficient (Wildman–Crippen LogP) is 4.50. The van der Waals surface area contributed by atoms with Crippen molar-refractivity contribution < 1.29 is 9.59 Å². The summed E-state index contributed by atoms with van der Waals surface area (Å²) in [5, 5.41) is 5.65. The molecule has 3 aromatic rings. The normalized spacial score (nSPS) is 10.1. The van der Waals surface area contributed by atoms with Gasteiger partial charge in [-0.25, -0.2) is 0 Å². The van der Waals surface area contributed by atoms with E-state index < -0.39 is 0 Å². The van der Waals surface area contributed by atoms with Crippen molar-refractivity contribution in [3.8, 4) is 0 Å². The van der Waals surface area contributed by atoms with Crippen LogP contribution >= 0.6 is 0 Å². The van der Waals surface area contributed by atoms with Crippen molar-refractivity contribution in [1.29, 1.82) is 0 Å². The van der Waals surface area contributed by atoms with Gasteiger partial charge in [0.2, 0.25) is 0 Å². The second kappa shape index (κ2) is 7.45. The molecule has 0 atom stereocenters. The molecule has 0 aliphatic heterocycles. The maximum atomic E-state index is 12.3. The Bertz CT molecular complexity index is 870. The second-order valence-electron chi connectivity index (χ2n) is 5.72. The van der Waals surface area contributed by atoms with Gasteiger partial charge in [-0.1, -0.05) is 35.9 Å². The van der Waals surface area contributed by atoms with E-state index in [1.165, 1.54) is 0 Å². The molecule has 0 radical (unpaired) electrons. The fourth-order valence-electron chi connectivity index (χ4n) is 2.34. The molecule has 0 heterocycles. The third kappa shape index (κ3) is 4.32. The Morgan fingerprint density at radius 3 is 1.56 bits per heavy atom. The van der Waals surface area contributed by atoms with Crippen molar-refractivity contribution in [2.45, 2.75) is 6.92 Å². The lowest BCUT2D eigenvalue weighted by Crippen LogP contribution is -2.13. The van der Waals surface area contributed by atoms with Gasteiger partial charge in [-0.05, 0) is 55.5 Å². The van der Waals surface area contributed by atoms with E-state index >= 15 is 0 Å². The predicted molar refractivity (Wildman–Crippen MR) is 100.0 cm³/mol. The molecule has 3 aromatic carbocycles. The van der Waals surface area contributed by atoms with E-state index in [4.69, 9.17) is 0 Å². The first kappa shape index (κ1) is 16.5. The van der Waals surface area contributed by atoms with E-state index in [2.05, 4.69) is 10.6 Å². The van der Waals surface area contributed by atoms with Crippen LogP contribution in [-0.4, -0.2) is 11.8 Å². The number of benzene rings is 3. The van der Waals surface area contributed by atoms with Crippen molar-refractivity contribution in [3.05, 3.63) is 95.6 Å². The molecule has 2 N–H and O–H groups in total. The molecule has 0 unspecified atom stereocenters. The van der Waals surface area contributed by atoms with Gasteiger partial charge in [0.05, 0.1) is 0 Å². The van der Waals surface area contributed by atoms with Crippen LogP contribution in [0.2, 0.25) is 0 Å². The van der Waals surface area contributed by atoms with E-state index in [9.17, 15) is 9.59 Å². The number of carbonyl (C=O) groups excluding carboxylic acids is 2. The zero-order valence-corrected chi connectivity index (χ0v) is 13.8. The Morgan fingerprint density at radius 1 is 0.600 bits per heavy atom. The summed E-state index contributed by atoms with van der Waals surface area (Å²) in [7, 11) is 0. The number of amides is 2. The van der Waals surface area contributed by atoms with Crippen LogP contribution in [0.3, 0.4) is 0 Å². The molecular formula is C21H18N2O2. The number of carbonyl (C=O) groups is 2. The number of anilines is 2. The maximum absolute atomic E-state index is 12.3. The first-order valence-electron chi connectivity index (χ1n) is 7.96. The minimum atomic E-state index is -0.190. The van der Waals surface area contributed by atoms with E-state index in [1.54, 1.807) is 36.4 Å². The fraction of sp³-hybridized carbons (Fsp3) is 0.0476. The van der Waals surface area contributed by atoms with Crippen LogP contribution in [-0.2, 0) is 0 Å². The molecular weight excluding hydrogens is 312 g/mol. The van der Waals surface area contributed by atoms with Gasteiger partial charge in [-0.2, -0.15) is 0 Å². The van der Waals surface area contributed by atoms with E-state index in [-0.39, 0.29) is 11.8 Å². The topological polar surface area (TPSA) is 58.2 Å². The third-order valence-corrected chi connectivity index (χ3v) is 3.75. The first-order valence-corrected chi connectivity index (χ1v) is 7.96. The van der Waals surface area contributed by atoms with Gasteiger partial charge in [0.1, 0.15) is 0 Å². The van der Waals surface area contributed by atoms with Crippen LogP contribution < -0.4 is 10.6 Å². The quantitative estimate of drug-likeness (QED) is 0.740. The van der Waals surface area contributed by atoms with Crippen molar-refractivity contribution >= 4 is 23.2 Å². The Hall–Kier alpha value is -3.40. The average Bonchev–Trinajstić information content (AvgIpc) is 2.65. The zero-order valence-electron chi connectivity index (χ0n) is 13.8. The number of hydrogen-bond acceptors (Lipinski definition) is 2. The highest BCUT2D eigenvalue weighted by Crippen LogP contribution is 2.14. The Kier molecular flexibility index (Phi) is 4.90. The molecule has 0 saturated heterocycles. The summed E-state index contributed by atoms with van der Waals surface area (Å²) < 4.78 is 0. The lowest BCUT2D eigenvalue weighted by Gasteiger charge is -2.08. The molecule has 0 saturated carbocycles. The SMILES string of the molecule is Cc1ccc(NC(=O)c2ccc(NC(=O)c3ccccc3)cc2)cc1. The van der Waals surface area contributed by atoms with Crippen LogP contribution in [0.1, 0.15) is 26.3 Å². The number of hydrogen-bond donors (Lipinski definition) is 2. The molecule has 3 rings (SSSR count). The molecule has 25 heavy (non-hydrogen) atoms. The van der Waals surface area contributed by atoms with Crippen molar-refractivity contribution in [3.63, 3.8) is 0 Å². The molecule has 4 nitrogen and oxygen atoms in total. The Labute approximate surface area is 146 Å². The van der Waals surface area contributed by atoms with Gasteiger partial charge < -0.3 is 10.6 Å². The van der Waals surface area contributed by atoms with Crippen molar-refractivity contribution in [2.24, 2.45) is 0 Å². The van der Waals surface area contributed by atoms with Gasteiger partial charge in [0.15, 0.2) is 0 Å². The van der Waals surface area contributed by atoms with Crippen LogP contribution in [0.5, 0.6) is 0 Å². The van der Waals surface area contributed by atoms with Crippen molar-refractivity contribution in [2.75, 3.05) is 10.6 Å². The summed E-state index contributed by atoms with van der Waals surface area (Å²) in [4.78, 5) is 24.4. The van der Waals surface area contributed by atoms with Gasteiger partial charge in [0.25, 0.3) is 11.8 Å². The van der Waals surface area contributed by atoms with Gasteiger partial charge >= 0.3 is 0 Å². The highest BCUT2D eigenvalue weighted by atomic mass is 16.2. The minimum Gasteiger partial charge on any atom is -0.322 e. The fourth-order valence-corrected chi connectivity index (χ4v) is 2.34. The molecule has 124 valence electrons. The minimum absolute atomic E-state index is 0.183. The maximum Gasteiger partial charge on any atom is 0.255 e. The third-order valence-electron chi connectivity index (χ3n) is 3.75. The lowest BCUT2D eigenvalue weighted by atomic mass is 10.1. The average molecular weight is 330 g/mol. The molecule has 4 heteroatoms. The number of rotatable bonds is 4. The molecule has 0 fully saturated rings. The Morgan fingerprint density at radius 2 is 1.04 bits per heavy atom. The monoisotopic (exact) mass is 330 g/mol. The summed E-state index contributed by atoms with van der Waals surface area (Å²) in [5.74, 6) is -0.373. The molecule has 0 aliphatic rings. The summed E-state index contributed by atoms with van der Waals surface area (Å²) in [6, 6.07) is 23.4. The summed E-state index contributed by atoms with van der Waals surface area (Å²) in [5.41, 5.74) is 3.64. The van der Waals surface area contributed by atoms with Crippen LogP contribution in [0.15, 0.2) is 78.9 Å². The molecule has 0 aromatic heterocycles. The highest BCUT2D eigenvalue weighted by Gasteiger charge is 2.08. The van der Waals surface area contributed by atoms with Gasteiger partial charge in [-0.15, -0.1) is 0 Å². The molecule has 2 amide bonds. The standard InChI is InChI=1S/C21H18N2O2/c1-15-7-11-18(12-8-15)22-21(25)17-9-13-19(14-10-17)23-20(24)16-5-3-2-4-6-16/h2-14H,1H3,(H,22,25)(H,23,24). The summed E-state index contributed by atoms with van der Waals surface area (Å²) in [6.45, 7) is 1.99. The first-order chi connectivity index (χ1) is 12.1. The van der Waals surface area contributed by atoms with E-state index in [0.717, 1.165) is 11.3 Å². The summed E-state index contributed by atoms with van der Waals surface area (Å²) in [6.07, 6.45) is 0. The van der Waals surface area contributed by atoms with Crippen LogP contribution in [0, 0.1) is 6.92 Å². The number of aryl methyl sites for hydroxylation is 1. The zero-order chi connectivity index (χ0) is 17.6. The second-order valence-corrected chi connectivity index (χ2v) is 5.72. The lowest BCUT2D eigenvalue weighted by molar-refractivity contribution is 0.102. The molecule has 0 aliphatic carbocycles.